The largest absolute Gasteiger partial charge is 0.493 e. The highest BCUT2D eigenvalue weighted by molar-refractivity contribution is 6.42. The molecule has 0 aliphatic rings. The van der Waals surface area contributed by atoms with Gasteiger partial charge in [0.25, 0.3) is 5.91 Å². The fourth-order valence-electron chi connectivity index (χ4n) is 2.77. The number of anilines is 1. The molecule has 4 nitrogen and oxygen atoms in total. The Morgan fingerprint density at radius 3 is 2.52 bits per heavy atom. The van der Waals surface area contributed by atoms with Crippen LogP contribution in [0.25, 0.3) is 0 Å². The molecule has 1 amide bonds. The molecule has 0 atom stereocenters. The number of carbonyl (C=O) groups excluding carboxylic acids is 1. The van der Waals surface area contributed by atoms with Crippen LogP contribution in [0.2, 0.25) is 10.0 Å². The molecule has 150 valence electrons. The van der Waals surface area contributed by atoms with Crippen molar-refractivity contribution in [2.75, 3.05) is 11.9 Å². The van der Waals surface area contributed by atoms with Gasteiger partial charge in [-0.1, -0.05) is 35.3 Å². The summed E-state index contributed by atoms with van der Waals surface area (Å²) in [5, 5.41) is 3.63. The molecule has 0 saturated heterocycles. The number of aryl methyl sites for hydroxylation is 1. The van der Waals surface area contributed by atoms with Gasteiger partial charge in [0.05, 0.1) is 16.7 Å². The van der Waals surface area contributed by atoms with Crippen molar-refractivity contribution in [1.82, 2.24) is 0 Å². The maximum absolute atomic E-state index is 12.7. The van der Waals surface area contributed by atoms with E-state index in [4.69, 9.17) is 32.7 Å². The Labute approximate surface area is 180 Å². The monoisotopic (exact) mass is 429 g/mol. The molecule has 0 fully saturated rings. The van der Waals surface area contributed by atoms with Crippen molar-refractivity contribution in [1.29, 1.82) is 0 Å². The summed E-state index contributed by atoms with van der Waals surface area (Å²) in [6, 6.07) is 18.0. The Hall–Kier alpha value is -2.69. The molecule has 0 radical (unpaired) electrons. The standard InChI is InChI=1S/C23H21Cl2NO3/c1-3-28-22-10-7-16(23(27)26-18-8-9-20(24)21(25)13-18)12-17(22)14-29-19-6-4-5-15(2)11-19/h4-13H,3,14H2,1-2H3,(H,26,27). The van der Waals surface area contributed by atoms with E-state index in [2.05, 4.69) is 5.32 Å². The number of ether oxygens (including phenoxy) is 2. The van der Waals surface area contributed by atoms with Gasteiger partial charge >= 0.3 is 0 Å². The summed E-state index contributed by atoms with van der Waals surface area (Å²) < 4.78 is 11.6. The van der Waals surface area contributed by atoms with E-state index in [0.717, 1.165) is 16.9 Å². The molecule has 3 rings (SSSR count). The van der Waals surface area contributed by atoms with Crippen LogP contribution in [0.4, 0.5) is 5.69 Å². The average molecular weight is 430 g/mol. The third kappa shape index (κ3) is 5.66. The maximum Gasteiger partial charge on any atom is 0.255 e. The van der Waals surface area contributed by atoms with Crippen molar-refractivity contribution in [3.8, 4) is 11.5 Å². The van der Waals surface area contributed by atoms with Gasteiger partial charge in [0.1, 0.15) is 18.1 Å². The highest BCUT2D eigenvalue weighted by Gasteiger charge is 2.12. The summed E-state index contributed by atoms with van der Waals surface area (Å²) in [5.74, 6) is 1.19. The lowest BCUT2D eigenvalue weighted by molar-refractivity contribution is 0.102. The fraction of sp³-hybridized carbons (Fsp3) is 0.174. The number of benzene rings is 3. The van der Waals surface area contributed by atoms with Crippen LogP contribution in [0, 0.1) is 6.92 Å². The summed E-state index contributed by atoms with van der Waals surface area (Å²) in [7, 11) is 0. The summed E-state index contributed by atoms with van der Waals surface area (Å²) in [6.07, 6.45) is 0. The zero-order chi connectivity index (χ0) is 20.8. The summed E-state index contributed by atoms with van der Waals surface area (Å²) >= 11 is 11.9. The van der Waals surface area contributed by atoms with Crippen molar-refractivity contribution in [3.63, 3.8) is 0 Å². The first-order valence-corrected chi connectivity index (χ1v) is 9.93. The van der Waals surface area contributed by atoms with E-state index in [-0.39, 0.29) is 12.5 Å². The second-order valence-corrected chi connectivity index (χ2v) is 7.26. The Bertz CT molecular complexity index is 1020. The Kier molecular flexibility index (Phi) is 7.02. The van der Waals surface area contributed by atoms with E-state index in [1.54, 1.807) is 36.4 Å². The minimum absolute atomic E-state index is 0.261. The minimum atomic E-state index is -0.261. The number of carbonyl (C=O) groups is 1. The highest BCUT2D eigenvalue weighted by Crippen LogP contribution is 2.26. The molecule has 0 aliphatic carbocycles. The molecule has 0 saturated carbocycles. The van der Waals surface area contributed by atoms with Crippen molar-refractivity contribution in [3.05, 3.63) is 87.4 Å². The van der Waals surface area contributed by atoms with Gasteiger partial charge in [0, 0.05) is 16.8 Å². The highest BCUT2D eigenvalue weighted by atomic mass is 35.5. The summed E-state index contributed by atoms with van der Waals surface area (Å²) in [6.45, 7) is 4.72. The van der Waals surface area contributed by atoms with Crippen LogP contribution in [0.1, 0.15) is 28.4 Å². The average Bonchev–Trinajstić information content (AvgIpc) is 2.70. The van der Waals surface area contributed by atoms with Gasteiger partial charge in [-0.3, -0.25) is 4.79 Å². The molecule has 0 unspecified atom stereocenters. The number of hydrogen-bond donors (Lipinski definition) is 1. The first kappa shape index (κ1) is 21.0. The van der Waals surface area contributed by atoms with E-state index < -0.39 is 0 Å². The first-order chi connectivity index (χ1) is 14.0. The van der Waals surface area contributed by atoms with E-state index >= 15 is 0 Å². The molecule has 0 bridgehead atoms. The maximum atomic E-state index is 12.7. The number of amides is 1. The van der Waals surface area contributed by atoms with Crippen molar-refractivity contribution in [2.24, 2.45) is 0 Å². The van der Waals surface area contributed by atoms with Crippen LogP contribution in [-0.2, 0) is 6.61 Å². The molecule has 29 heavy (non-hydrogen) atoms. The summed E-state index contributed by atoms with van der Waals surface area (Å²) in [4.78, 5) is 12.7. The van der Waals surface area contributed by atoms with Gasteiger partial charge in [-0.2, -0.15) is 0 Å². The van der Waals surface area contributed by atoms with Crippen LogP contribution in [-0.4, -0.2) is 12.5 Å². The van der Waals surface area contributed by atoms with E-state index in [1.807, 2.05) is 38.1 Å². The van der Waals surface area contributed by atoms with Gasteiger partial charge in [-0.05, 0) is 67.9 Å². The third-order valence-electron chi connectivity index (χ3n) is 4.18. The predicted octanol–water partition coefficient (Wildman–Crippen LogP) is 6.53. The quantitative estimate of drug-likeness (QED) is 0.464. The van der Waals surface area contributed by atoms with Crippen LogP contribution in [0.5, 0.6) is 11.5 Å². The second-order valence-electron chi connectivity index (χ2n) is 6.44. The van der Waals surface area contributed by atoms with Crippen LogP contribution < -0.4 is 14.8 Å². The molecule has 0 aromatic heterocycles. The fourth-order valence-corrected chi connectivity index (χ4v) is 3.07. The van der Waals surface area contributed by atoms with E-state index in [0.29, 0.717) is 33.7 Å². The van der Waals surface area contributed by atoms with Gasteiger partial charge in [0.2, 0.25) is 0 Å². The molecule has 6 heteroatoms. The van der Waals surface area contributed by atoms with Crippen LogP contribution in [0.3, 0.4) is 0 Å². The van der Waals surface area contributed by atoms with Gasteiger partial charge < -0.3 is 14.8 Å². The third-order valence-corrected chi connectivity index (χ3v) is 4.92. The molecule has 1 N–H and O–H groups in total. The lowest BCUT2D eigenvalue weighted by Gasteiger charge is -2.14. The molecular weight excluding hydrogens is 409 g/mol. The lowest BCUT2D eigenvalue weighted by Crippen LogP contribution is -2.13. The Balaban J connectivity index is 1.79. The van der Waals surface area contributed by atoms with Crippen LogP contribution >= 0.6 is 23.2 Å². The second kappa shape index (κ2) is 9.68. The predicted molar refractivity (Wildman–Crippen MR) is 118 cm³/mol. The molecule has 0 aliphatic heterocycles. The topological polar surface area (TPSA) is 47.6 Å². The van der Waals surface area contributed by atoms with Gasteiger partial charge in [0.15, 0.2) is 0 Å². The zero-order valence-corrected chi connectivity index (χ0v) is 17.7. The van der Waals surface area contributed by atoms with Crippen LogP contribution in [0.15, 0.2) is 60.7 Å². The van der Waals surface area contributed by atoms with Crippen molar-refractivity contribution in [2.45, 2.75) is 20.5 Å². The van der Waals surface area contributed by atoms with E-state index in [1.165, 1.54) is 0 Å². The van der Waals surface area contributed by atoms with Gasteiger partial charge in [-0.25, -0.2) is 0 Å². The minimum Gasteiger partial charge on any atom is -0.493 e. The SMILES string of the molecule is CCOc1ccc(C(=O)Nc2ccc(Cl)c(Cl)c2)cc1COc1cccc(C)c1. The number of rotatable bonds is 7. The Morgan fingerprint density at radius 2 is 1.79 bits per heavy atom. The van der Waals surface area contributed by atoms with Crippen molar-refractivity contribution < 1.29 is 14.3 Å². The molecular formula is C23H21Cl2NO3. The molecule has 0 heterocycles. The molecule has 0 spiro atoms. The Morgan fingerprint density at radius 1 is 0.966 bits per heavy atom. The summed E-state index contributed by atoms with van der Waals surface area (Å²) in [5.41, 5.74) is 2.95. The number of nitrogens with one attached hydrogen (secondary N) is 1. The van der Waals surface area contributed by atoms with Crippen molar-refractivity contribution >= 4 is 34.8 Å². The number of halogens is 2. The van der Waals surface area contributed by atoms with Gasteiger partial charge in [-0.15, -0.1) is 0 Å². The zero-order valence-electron chi connectivity index (χ0n) is 16.2. The van der Waals surface area contributed by atoms with E-state index in [9.17, 15) is 4.79 Å². The molecule has 3 aromatic carbocycles. The normalized spacial score (nSPS) is 10.5. The lowest BCUT2D eigenvalue weighted by atomic mass is 10.1. The molecule has 3 aromatic rings. The smallest absolute Gasteiger partial charge is 0.255 e. The number of hydrogen-bond acceptors (Lipinski definition) is 3. The first-order valence-electron chi connectivity index (χ1n) is 9.18.